The van der Waals surface area contributed by atoms with Gasteiger partial charge in [0.2, 0.25) is 0 Å². The zero-order chi connectivity index (χ0) is 19.7. The van der Waals surface area contributed by atoms with Crippen LogP contribution in [0.2, 0.25) is 0 Å². The molecule has 0 bridgehead atoms. The van der Waals surface area contributed by atoms with Gasteiger partial charge in [0.1, 0.15) is 5.82 Å². The molecule has 1 aromatic carbocycles. The van der Waals surface area contributed by atoms with Crippen LogP contribution < -0.4 is 5.56 Å². The van der Waals surface area contributed by atoms with Crippen LogP contribution >= 0.6 is 0 Å². The number of aryl methyl sites for hydroxylation is 1. The van der Waals surface area contributed by atoms with E-state index in [4.69, 9.17) is 4.98 Å². The molecular weight excluding hydrogens is 352 g/mol. The number of hydrogen-bond donors (Lipinski definition) is 0. The lowest BCUT2D eigenvalue weighted by atomic mass is 10.1. The summed E-state index contributed by atoms with van der Waals surface area (Å²) in [5.41, 5.74) is 1.32. The lowest BCUT2D eigenvalue weighted by Gasteiger charge is -2.26. The summed E-state index contributed by atoms with van der Waals surface area (Å²) < 4.78 is 1.83. The first kappa shape index (κ1) is 19.1. The second-order valence-electron chi connectivity index (χ2n) is 7.94. The van der Waals surface area contributed by atoms with Crippen molar-refractivity contribution in [2.75, 3.05) is 26.2 Å². The van der Waals surface area contributed by atoms with Crippen molar-refractivity contribution in [1.29, 1.82) is 0 Å². The molecule has 6 heteroatoms. The van der Waals surface area contributed by atoms with Crippen molar-refractivity contribution in [2.24, 2.45) is 0 Å². The summed E-state index contributed by atoms with van der Waals surface area (Å²) in [5, 5.41) is 0.615. The van der Waals surface area contributed by atoms with E-state index in [1.807, 2.05) is 15.5 Å². The molecule has 150 valence electrons. The van der Waals surface area contributed by atoms with E-state index in [0.717, 1.165) is 70.7 Å². The van der Waals surface area contributed by atoms with Gasteiger partial charge in [-0.15, -0.1) is 0 Å². The van der Waals surface area contributed by atoms with Crippen molar-refractivity contribution in [3.05, 3.63) is 39.9 Å². The van der Waals surface area contributed by atoms with Crippen LogP contribution in [0.4, 0.5) is 0 Å². The van der Waals surface area contributed by atoms with Crippen molar-refractivity contribution < 1.29 is 4.79 Å². The summed E-state index contributed by atoms with van der Waals surface area (Å²) in [6.07, 6.45) is 5.08. The van der Waals surface area contributed by atoms with E-state index in [1.165, 1.54) is 0 Å². The lowest BCUT2D eigenvalue weighted by Crippen LogP contribution is -2.38. The van der Waals surface area contributed by atoms with Gasteiger partial charge in [0, 0.05) is 37.7 Å². The summed E-state index contributed by atoms with van der Waals surface area (Å²) in [4.78, 5) is 35.1. The molecule has 2 aliphatic rings. The van der Waals surface area contributed by atoms with Crippen LogP contribution in [0.1, 0.15) is 55.7 Å². The highest BCUT2D eigenvalue weighted by molar-refractivity contribution is 5.97. The molecule has 2 aromatic rings. The van der Waals surface area contributed by atoms with E-state index in [-0.39, 0.29) is 11.5 Å². The van der Waals surface area contributed by atoms with Crippen molar-refractivity contribution in [1.82, 2.24) is 19.4 Å². The van der Waals surface area contributed by atoms with Gasteiger partial charge < -0.3 is 4.90 Å². The zero-order valence-electron chi connectivity index (χ0n) is 17.0. The molecule has 6 nitrogen and oxygen atoms in total. The number of carbonyl (C=O) groups is 1. The Bertz CT molecular complexity index is 932. The number of benzene rings is 1. The summed E-state index contributed by atoms with van der Waals surface area (Å²) >= 11 is 0. The summed E-state index contributed by atoms with van der Waals surface area (Å²) in [7, 11) is 0. The van der Waals surface area contributed by atoms with Crippen molar-refractivity contribution in [2.45, 2.75) is 58.5 Å². The number of likely N-dealkylation sites (tertiary alicyclic amines) is 1. The van der Waals surface area contributed by atoms with E-state index >= 15 is 0 Å². The smallest absolute Gasteiger partial charge is 0.261 e. The van der Waals surface area contributed by atoms with Gasteiger partial charge in [-0.05, 0) is 50.6 Å². The molecule has 4 rings (SSSR count). The fourth-order valence-electron chi connectivity index (χ4n) is 4.70. The number of amides is 1. The zero-order valence-corrected chi connectivity index (χ0v) is 17.0. The van der Waals surface area contributed by atoms with Gasteiger partial charge >= 0.3 is 0 Å². The predicted octanol–water partition coefficient (Wildman–Crippen LogP) is 2.68. The van der Waals surface area contributed by atoms with Crippen LogP contribution in [-0.2, 0) is 13.0 Å². The molecule has 1 unspecified atom stereocenters. The third-order valence-corrected chi connectivity index (χ3v) is 6.34. The van der Waals surface area contributed by atoms with Crippen LogP contribution in [0, 0.1) is 0 Å². The summed E-state index contributed by atoms with van der Waals surface area (Å²) in [5.74, 6) is 0.913. The minimum absolute atomic E-state index is 0.0312. The molecule has 28 heavy (non-hydrogen) atoms. The van der Waals surface area contributed by atoms with Gasteiger partial charge in [-0.3, -0.25) is 19.1 Å². The van der Waals surface area contributed by atoms with Gasteiger partial charge in [0.05, 0.1) is 10.9 Å². The van der Waals surface area contributed by atoms with Gasteiger partial charge in [0.15, 0.2) is 0 Å². The Morgan fingerprint density at radius 1 is 1.18 bits per heavy atom. The Hall–Kier alpha value is -2.21. The maximum absolute atomic E-state index is 13.1. The molecule has 3 heterocycles. The van der Waals surface area contributed by atoms with Gasteiger partial charge in [-0.25, -0.2) is 4.98 Å². The first-order chi connectivity index (χ1) is 13.6. The van der Waals surface area contributed by atoms with Crippen LogP contribution in [0.3, 0.4) is 0 Å². The molecule has 1 atom stereocenters. The Balaban J connectivity index is 1.61. The topological polar surface area (TPSA) is 58.4 Å². The molecule has 0 saturated carbocycles. The highest BCUT2D eigenvalue weighted by Gasteiger charge is 2.30. The average molecular weight is 383 g/mol. The average Bonchev–Trinajstić information content (AvgIpc) is 3.07. The number of nitrogens with zero attached hydrogens (tertiary/aromatic N) is 4. The molecule has 0 spiro atoms. The summed E-state index contributed by atoms with van der Waals surface area (Å²) in [6.45, 7) is 8.68. The molecular formula is C22H30N4O2. The SMILES string of the molecule is CCN(CC)C1CCN(C(=O)c2ccc3c(=O)n4c(nc3c2)CCCCC4)C1. The summed E-state index contributed by atoms with van der Waals surface area (Å²) in [6, 6.07) is 5.84. The van der Waals surface area contributed by atoms with E-state index in [2.05, 4.69) is 18.7 Å². The molecule has 0 radical (unpaired) electrons. The first-order valence-electron chi connectivity index (χ1n) is 10.7. The standard InChI is InChI=1S/C22H30N4O2/c1-3-24(4-2)17-11-13-25(15-17)21(27)16-9-10-18-19(14-16)23-20-8-6-5-7-12-26(20)22(18)28/h9-10,14,17H,3-8,11-13,15H2,1-2H3. The maximum Gasteiger partial charge on any atom is 0.261 e. The largest absolute Gasteiger partial charge is 0.337 e. The van der Waals surface area contributed by atoms with E-state index in [1.54, 1.807) is 12.1 Å². The number of rotatable bonds is 4. The third-order valence-electron chi connectivity index (χ3n) is 6.34. The minimum atomic E-state index is 0.0312. The monoisotopic (exact) mass is 382 g/mol. The maximum atomic E-state index is 13.1. The molecule has 1 amide bonds. The van der Waals surface area contributed by atoms with E-state index < -0.39 is 0 Å². The third kappa shape index (κ3) is 3.46. The van der Waals surface area contributed by atoms with Gasteiger partial charge in [-0.1, -0.05) is 20.3 Å². The van der Waals surface area contributed by atoms with Gasteiger partial charge in [-0.2, -0.15) is 0 Å². The molecule has 1 fully saturated rings. The van der Waals surface area contributed by atoms with Crippen LogP contribution in [0.25, 0.3) is 10.9 Å². The van der Waals surface area contributed by atoms with Crippen molar-refractivity contribution in [3.63, 3.8) is 0 Å². The number of aromatic nitrogens is 2. The van der Waals surface area contributed by atoms with Crippen LogP contribution in [0.15, 0.2) is 23.0 Å². The Morgan fingerprint density at radius 3 is 2.79 bits per heavy atom. The molecule has 2 aliphatic heterocycles. The second-order valence-corrected chi connectivity index (χ2v) is 7.94. The van der Waals surface area contributed by atoms with Crippen LogP contribution in [-0.4, -0.2) is 57.5 Å². The first-order valence-corrected chi connectivity index (χ1v) is 10.7. The number of likely N-dealkylation sites (N-methyl/N-ethyl adjacent to an activating group) is 1. The molecule has 0 N–H and O–H groups in total. The predicted molar refractivity (Wildman–Crippen MR) is 111 cm³/mol. The fraction of sp³-hybridized carbons (Fsp3) is 0.591. The fourth-order valence-corrected chi connectivity index (χ4v) is 4.70. The molecule has 1 saturated heterocycles. The van der Waals surface area contributed by atoms with Crippen molar-refractivity contribution in [3.8, 4) is 0 Å². The van der Waals surface area contributed by atoms with Crippen LogP contribution in [0.5, 0.6) is 0 Å². The van der Waals surface area contributed by atoms with E-state index in [9.17, 15) is 9.59 Å². The molecule has 1 aromatic heterocycles. The Kier molecular flexibility index (Phi) is 5.49. The lowest BCUT2D eigenvalue weighted by molar-refractivity contribution is 0.0778. The highest BCUT2D eigenvalue weighted by atomic mass is 16.2. The van der Waals surface area contributed by atoms with Crippen molar-refractivity contribution >= 4 is 16.8 Å². The normalized spacial score (nSPS) is 19.8. The highest BCUT2D eigenvalue weighted by Crippen LogP contribution is 2.21. The number of fused-ring (bicyclic) bond motifs is 2. The molecule has 0 aliphatic carbocycles. The van der Waals surface area contributed by atoms with Gasteiger partial charge in [0.25, 0.3) is 11.5 Å². The second kappa shape index (κ2) is 8.03. The number of hydrogen-bond acceptors (Lipinski definition) is 4. The van der Waals surface area contributed by atoms with E-state index in [0.29, 0.717) is 22.5 Å². The Morgan fingerprint density at radius 2 is 2.00 bits per heavy atom. The quantitative estimate of drug-likeness (QED) is 0.816. The Labute approximate surface area is 166 Å². The number of carbonyl (C=O) groups excluding carboxylic acids is 1. The minimum Gasteiger partial charge on any atom is -0.337 e.